The molecule has 1 saturated heterocycles. The summed E-state index contributed by atoms with van der Waals surface area (Å²) in [5, 5.41) is -0.245. The van der Waals surface area contributed by atoms with Gasteiger partial charge in [-0.05, 0) is 38.0 Å². The van der Waals surface area contributed by atoms with Crippen molar-refractivity contribution in [3.63, 3.8) is 0 Å². The fourth-order valence-electron chi connectivity index (χ4n) is 3.17. The number of carbonyl (C=O) groups is 1. The number of amides is 1. The number of aryl methyl sites for hydroxylation is 1. The Kier molecular flexibility index (Phi) is 4.03. The number of alkyl halides is 3. The molecule has 0 N–H and O–H groups in total. The third-order valence-corrected chi connectivity index (χ3v) is 4.58. The topological polar surface area (TPSA) is 38.1 Å². The number of rotatable bonds is 1. The highest BCUT2D eigenvalue weighted by Gasteiger charge is 2.31. The molecular formula is C15H16F3N3OS. The lowest BCUT2D eigenvalue weighted by Crippen LogP contribution is -2.36. The molecule has 1 aromatic carbocycles. The molecule has 0 atom stereocenters. The zero-order valence-corrected chi connectivity index (χ0v) is 13.4. The maximum Gasteiger partial charge on any atom is 0.416 e. The third-order valence-electron chi connectivity index (χ3n) is 4.29. The predicted molar refractivity (Wildman–Crippen MR) is 83.7 cm³/mol. The summed E-state index contributed by atoms with van der Waals surface area (Å²) < 4.78 is 40.4. The molecule has 3 rings (SSSR count). The Morgan fingerprint density at radius 1 is 1.30 bits per heavy atom. The number of nitrogens with zero attached hydrogens (tertiary/aromatic N) is 3. The minimum atomic E-state index is -4.37. The van der Waals surface area contributed by atoms with Crippen molar-refractivity contribution in [2.45, 2.75) is 32.0 Å². The number of hydrogen-bond donors (Lipinski definition) is 1. The molecule has 4 nitrogen and oxygen atoms in total. The predicted octanol–water partition coefficient (Wildman–Crippen LogP) is 4.05. The Morgan fingerprint density at radius 3 is 2.52 bits per heavy atom. The molecule has 1 amide bonds. The van der Waals surface area contributed by atoms with E-state index in [0.717, 1.165) is 25.0 Å². The Morgan fingerprint density at radius 2 is 1.96 bits per heavy atom. The second-order valence-electron chi connectivity index (χ2n) is 5.73. The summed E-state index contributed by atoms with van der Waals surface area (Å²) in [6.45, 7) is 2.98. The molecule has 23 heavy (non-hydrogen) atoms. The van der Waals surface area contributed by atoms with Crippen molar-refractivity contribution in [3.05, 3.63) is 29.6 Å². The lowest BCUT2D eigenvalue weighted by atomic mass is 10.0. The average molecular weight is 343 g/mol. The van der Waals surface area contributed by atoms with Gasteiger partial charge in [-0.3, -0.25) is 4.79 Å². The minimum absolute atomic E-state index is 0.126. The first-order valence-corrected chi connectivity index (χ1v) is 7.76. The summed E-state index contributed by atoms with van der Waals surface area (Å²) in [4.78, 5) is 17.2. The quantitative estimate of drug-likeness (QED) is 0.793. The van der Waals surface area contributed by atoms with Gasteiger partial charge >= 0.3 is 6.18 Å². The third kappa shape index (κ3) is 3.04. The van der Waals surface area contributed by atoms with Crippen LogP contribution in [0.4, 0.5) is 18.0 Å². The molecule has 2 aromatic rings. The number of aromatic nitrogens is 2. The molecule has 1 aliphatic rings. The number of piperidine rings is 1. The lowest BCUT2D eigenvalue weighted by Gasteiger charge is -2.32. The lowest BCUT2D eigenvalue weighted by molar-refractivity contribution is -0.137. The maximum atomic E-state index is 12.8. The number of benzene rings is 1. The molecule has 1 aliphatic heterocycles. The van der Waals surface area contributed by atoms with Gasteiger partial charge in [-0.1, -0.05) is 12.6 Å². The van der Waals surface area contributed by atoms with Crippen LogP contribution >= 0.6 is 12.6 Å². The molecule has 2 heterocycles. The number of thiol groups is 1. The normalized spacial score (nSPS) is 17.0. The van der Waals surface area contributed by atoms with E-state index in [9.17, 15) is 18.0 Å². The SMILES string of the molecule is Cc1nc2cc(C(F)(F)F)ccc2n1C1CCN(C(=O)S)CC1. The molecule has 0 aliphatic carbocycles. The first kappa shape index (κ1) is 16.2. The first-order valence-electron chi connectivity index (χ1n) is 7.31. The molecule has 0 unspecified atom stereocenters. The summed E-state index contributed by atoms with van der Waals surface area (Å²) in [6.07, 6.45) is -2.90. The summed E-state index contributed by atoms with van der Waals surface area (Å²) in [5.74, 6) is 0.690. The van der Waals surface area contributed by atoms with Crippen LogP contribution in [-0.4, -0.2) is 32.8 Å². The van der Waals surface area contributed by atoms with E-state index in [0.29, 0.717) is 29.9 Å². The smallest absolute Gasteiger partial charge is 0.334 e. The summed E-state index contributed by atoms with van der Waals surface area (Å²) in [5.41, 5.74) is 0.362. The number of likely N-dealkylation sites (tertiary alicyclic amines) is 1. The summed E-state index contributed by atoms with van der Waals surface area (Å²) in [6, 6.07) is 3.78. The zero-order chi connectivity index (χ0) is 16.8. The molecular weight excluding hydrogens is 327 g/mol. The maximum absolute atomic E-state index is 12.8. The van der Waals surface area contributed by atoms with Crippen LogP contribution in [0.3, 0.4) is 0 Å². The number of imidazole rings is 1. The standard InChI is InChI=1S/C15H16F3N3OS/c1-9-19-12-8-10(15(16,17)18)2-3-13(12)21(9)11-4-6-20(7-5-11)14(22)23/h2-3,8,11H,4-7H2,1H3,(H,22,23). The number of carbonyl (C=O) groups excluding carboxylic acids is 1. The van der Waals surface area contributed by atoms with E-state index < -0.39 is 11.7 Å². The van der Waals surface area contributed by atoms with E-state index in [1.165, 1.54) is 6.07 Å². The van der Waals surface area contributed by atoms with Crippen LogP contribution in [0.1, 0.15) is 30.3 Å². The van der Waals surface area contributed by atoms with Crippen LogP contribution in [0.25, 0.3) is 11.0 Å². The highest BCUT2D eigenvalue weighted by atomic mass is 32.1. The van der Waals surface area contributed by atoms with Crippen molar-refractivity contribution in [2.24, 2.45) is 0 Å². The minimum Gasteiger partial charge on any atom is -0.334 e. The van der Waals surface area contributed by atoms with Gasteiger partial charge in [-0.15, -0.1) is 0 Å². The van der Waals surface area contributed by atoms with Gasteiger partial charge in [0.15, 0.2) is 0 Å². The van der Waals surface area contributed by atoms with Gasteiger partial charge in [0.05, 0.1) is 16.6 Å². The average Bonchev–Trinajstić information content (AvgIpc) is 2.81. The zero-order valence-electron chi connectivity index (χ0n) is 12.5. The van der Waals surface area contributed by atoms with Gasteiger partial charge < -0.3 is 9.47 Å². The van der Waals surface area contributed by atoms with Gasteiger partial charge in [0.2, 0.25) is 0 Å². The largest absolute Gasteiger partial charge is 0.416 e. The van der Waals surface area contributed by atoms with Crippen LogP contribution < -0.4 is 0 Å². The molecule has 0 radical (unpaired) electrons. The molecule has 124 valence electrons. The monoisotopic (exact) mass is 343 g/mol. The summed E-state index contributed by atoms with van der Waals surface area (Å²) >= 11 is 3.82. The van der Waals surface area contributed by atoms with E-state index in [1.54, 1.807) is 11.8 Å². The van der Waals surface area contributed by atoms with Gasteiger partial charge in [-0.25, -0.2) is 4.98 Å². The van der Waals surface area contributed by atoms with Gasteiger partial charge in [0, 0.05) is 19.1 Å². The number of halogens is 3. The fraction of sp³-hybridized carbons (Fsp3) is 0.467. The highest BCUT2D eigenvalue weighted by Crippen LogP contribution is 2.34. The molecule has 0 saturated carbocycles. The molecule has 1 aromatic heterocycles. The first-order chi connectivity index (χ1) is 10.8. The van der Waals surface area contributed by atoms with Crippen LogP contribution in [0.5, 0.6) is 0 Å². The number of fused-ring (bicyclic) bond motifs is 1. The van der Waals surface area contributed by atoms with Gasteiger partial charge in [0.25, 0.3) is 5.24 Å². The Bertz CT molecular complexity index is 748. The van der Waals surface area contributed by atoms with E-state index in [4.69, 9.17) is 0 Å². The van der Waals surface area contributed by atoms with E-state index in [-0.39, 0.29) is 11.3 Å². The molecule has 1 fully saturated rings. The van der Waals surface area contributed by atoms with Crippen LogP contribution in [0, 0.1) is 6.92 Å². The molecule has 0 bridgehead atoms. The molecule has 0 spiro atoms. The van der Waals surface area contributed by atoms with E-state index >= 15 is 0 Å². The Hall–Kier alpha value is -1.70. The number of hydrogen-bond acceptors (Lipinski definition) is 2. The van der Waals surface area contributed by atoms with Crippen molar-refractivity contribution >= 4 is 28.9 Å². The second kappa shape index (κ2) is 5.74. The van der Waals surface area contributed by atoms with Crippen LogP contribution in [0.15, 0.2) is 18.2 Å². The van der Waals surface area contributed by atoms with E-state index in [2.05, 4.69) is 17.6 Å². The highest BCUT2D eigenvalue weighted by molar-refractivity contribution is 7.96. The van der Waals surface area contributed by atoms with E-state index in [1.807, 2.05) is 4.57 Å². The Balaban J connectivity index is 1.93. The van der Waals surface area contributed by atoms with Gasteiger partial charge in [-0.2, -0.15) is 13.2 Å². The second-order valence-corrected chi connectivity index (χ2v) is 6.11. The summed E-state index contributed by atoms with van der Waals surface area (Å²) in [7, 11) is 0. The van der Waals surface area contributed by atoms with Gasteiger partial charge in [0.1, 0.15) is 5.82 Å². The van der Waals surface area contributed by atoms with Crippen molar-refractivity contribution in [1.82, 2.24) is 14.5 Å². The fourth-order valence-corrected chi connectivity index (χ4v) is 3.37. The van der Waals surface area contributed by atoms with Crippen molar-refractivity contribution < 1.29 is 18.0 Å². The van der Waals surface area contributed by atoms with Crippen LogP contribution in [0.2, 0.25) is 0 Å². The van der Waals surface area contributed by atoms with Crippen molar-refractivity contribution in [3.8, 4) is 0 Å². The Labute approximate surface area is 136 Å². The van der Waals surface area contributed by atoms with Crippen LogP contribution in [-0.2, 0) is 6.18 Å². The molecule has 8 heteroatoms. The van der Waals surface area contributed by atoms with Crippen molar-refractivity contribution in [2.75, 3.05) is 13.1 Å². The van der Waals surface area contributed by atoms with Crippen molar-refractivity contribution in [1.29, 1.82) is 0 Å².